The fourth-order valence-electron chi connectivity index (χ4n) is 6.75. The number of likely N-dealkylation sites (N-methyl/N-ethyl adjacent to an activating group) is 1. The van der Waals surface area contributed by atoms with E-state index in [2.05, 4.69) is 0 Å². The number of aliphatic hydroxyl groups is 4. The maximum absolute atomic E-state index is 13.9. The van der Waals surface area contributed by atoms with E-state index in [1.165, 1.54) is 25.4 Å². The summed E-state index contributed by atoms with van der Waals surface area (Å²) in [6.45, 7) is 1.43. The van der Waals surface area contributed by atoms with Crippen LogP contribution in [-0.4, -0.2) is 98.9 Å². The van der Waals surface area contributed by atoms with Gasteiger partial charge in [0, 0.05) is 43.0 Å². The van der Waals surface area contributed by atoms with Crippen molar-refractivity contribution in [3.8, 4) is 5.75 Å². The van der Waals surface area contributed by atoms with Crippen LogP contribution in [0.3, 0.4) is 0 Å². The van der Waals surface area contributed by atoms with E-state index in [4.69, 9.17) is 5.73 Å². The second kappa shape index (κ2) is 8.80. The van der Waals surface area contributed by atoms with Crippen LogP contribution in [0, 0.1) is 24.2 Å². The van der Waals surface area contributed by atoms with E-state index in [0.717, 1.165) is 19.3 Å². The highest BCUT2D eigenvalue weighted by molar-refractivity contribution is 6.25. The molecule has 11 heteroatoms. The number of hydrogen-bond acceptors (Lipinski definition) is 10. The maximum Gasteiger partial charge on any atom is 0.230 e. The van der Waals surface area contributed by atoms with Crippen LogP contribution >= 0.6 is 0 Å². The lowest BCUT2D eigenvalue weighted by Crippen LogP contribution is -2.76. The van der Waals surface area contributed by atoms with Gasteiger partial charge < -0.3 is 41.1 Å². The molecule has 2 saturated carbocycles. The monoisotopic (exact) mass is 514 g/mol. The molecule has 3 fully saturated rings. The summed E-state index contributed by atoms with van der Waals surface area (Å²) in [6, 6.07) is 2.21. The lowest BCUT2D eigenvalue weighted by Gasteiger charge is -2.55. The van der Waals surface area contributed by atoms with Gasteiger partial charge in [0.05, 0.1) is 23.5 Å². The van der Waals surface area contributed by atoms with Crippen LogP contribution < -0.4 is 10.6 Å². The predicted octanol–water partition coefficient (Wildman–Crippen LogP) is -0.900. The van der Waals surface area contributed by atoms with E-state index in [1.54, 1.807) is 12.1 Å². The van der Waals surface area contributed by atoms with Crippen molar-refractivity contribution in [3.05, 3.63) is 35.3 Å². The molecule has 2 unspecified atom stereocenters. The molecule has 1 amide bonds. The number of aliphatic hydroxyl groups excluding tert-OH is 3. The summed E-state index contributed by atoms with van der Waals surface area (Å²) in [4.78, 5) is 42.8. The molecule has 5 rings (SSSR count). The Hall–Kier alpha value is -2.99. The van der Waals surface area contributed by atoms with Gasteiger partial charge in [-0.2, -0.15) is 0 Å². The van der Waals surface area contributed by atoms with Crippen molar-refractivity contribution in [2.75, 3.05) is 32.1 Å². The van der Waals surface area contributed by atoms with Crippen molar-refractivity contribution in [3.63, 3.8) is 0 Å². The number of rotatable bonds is 3. The highest BCUT2D eigenvalue weighted by atomic mass is 16.3. The van der Waals surface area contributed by atoms with Gasteiger partial charge >= 0.3 is 0 Å². The normalized spacial score (nSPS) is 35.8. The second-order valence-electron chi connectivity index (χ2n) is 10.7. The lowest BCUT2D eigenvalue weighted by atomic mass is 9.53. The number of benzene rings is 1. The first-order valence-electron chi connectivity index (χ1n) is 12.5. The molecule has 4 aliphatic rings. The minimum Gasteiger partial charge on any atom is -0.507 e. The van der Waals surface area contributed by atoms with Gasteiger partial charge in [0.15, 0.2) is 11.4 Å². The van der Waals surface area contributed by atoms with Crippen molar-refractivity contribution in [2.24, 2.45) is 23.5 Å². The first-order chi connectivity index (χ1) is 17.4. The number of aromatic hydroxyl groups is 1. The molecule has 1 saturated heterocycles. The molecule has 0 bridgehead atoms. The van der Waals surface area contributed by atoms with Gasteiger partial charge in [0.1, 0.15) is 17.4 Å². The van der Waals surface area contributed by atoms with Crippen molar-refractivity contribution < 1.29 is 39.9 Å². The molecule has 7 N–H and O–H groups in total. The van der Waals surface area contributed by atoms with Crippen molar-refractivity contribution >= 4 is 28.9 Å². The summed E-state index contributed by atoms with van der Waals surface area (Å²) in [5.74, 6) is -9.19. The van der Waals surface area contributed by atoms with Gasteiger partial charge in [-0.1, -0.05) is 6.07 Å². The van der Waals surface area contributed by atoms with Crippen LogP contribution in [-0.2, 0) is 14.4 Å². The molecule has 1 heterocycles. The van der Waals surface area contributed by atoms with Crippen LogP contribution in [0.5, 0.6) is 5.75 Å². The number of primary amides is 1. The van der Waals surface area contributed by atoms with E-state index < -0.39 is 70.4 Å². The lowest BCUT2D eigenvalue weighted by molar-refractivity contribution is -0.197. The minimum absolute atomic E-state index is 0.0316. The van der Waals surface area contributed by atoms with Crippen LogP contribution in [0.25, 0.3) is 5.76 Å². The molecule has 1 aliphatic heterocycles. The number of anilines is 1. The fourth-order valence-corrected chi connectivity index (χ4v) is 6.75. The van der Waals surface area contributed by atoms with Crippen LogP contribution in [0.4, 0.5) is 5.69 Å². The van der Waals surface area contributed by atoms with Gasteiger partial charge in [-0.15, -0.1) is 0 Å². The zero-order valence-electron chi connectivity index (χ0n) is 20.7. The van der Waals surface area contributed by atoms with Crippen LogP contribution in [0.15, 0.2) is 17.7 Å². The summed E-state index contributed by atoms with van der Waals surface area (Å²) >= 11 is 0. The van der Waals surface area contributed by atoms with Crippen molar-refractivity contribution in [1.29, 1.82) is 0 Å². The summed E-state index contributed by atoms with van der Waals surface area (Å²) in [5.41, 5.74) is 2.83. The number of phenols is 1. The fraction of sp³-hybridized carbons (Fsp3) is 0.538. The SMILES string of the molecule is CN(C)[C@H]1C(O)C(C(N)=O)C(=O)[C@]2(O)C(=O)C3=C(O)c4c(ccc(N5CCCCC5)c4O)[CH][C@@H]3[C@@H](O)[C@H]12. The number of nitrogens with zero attached hydrogens (tertiary/aromatic N) is 2. The average molecular weight is 515 g/mol. The third-order valence-corrected chi connectivity index (χ3v) is 8.50. The zero-order chi connectivity index (χ0) is 27.0. The predicted molar refractivity (Wildman–Crippen MR) is 131 cm³/mol. The Morgan fingerprint density at radius 2 is 1.73 bits per heavy atom. The van der Waals surface area contributed by atoms with E-state index in [9.17, 15) is 39.9 Å². The smallest absolute Gasteiger partial charge is 0.230 e. The maximum atomic E-state index is 13.9. The molecule has 0 aromatic heterocycles. The standard InChI is InChI=1S/C26H32N3O8/c1-28(2)18-17-19(30)12-10-11-6-7-13(29-8-4-3-5-9-29)20(31)14(11)21(32)15(12)23(34)26(17,37)24(35)16(22(18)33)25(27)36/h6-7,10,12,16-19,22,30-33,37H,3-5,8-9H2,1-2H3,(H2,27,36)/t12-,16?,17-,18+,19+,22?,26+/m0/s1. The van der Waals surface area contributed by atoms with E-state index in [0.29, 0.717) is 24.3 Å². The number of piperidine rings is 1. The van der Waals surface area contributed by atoms with Gasteiger partial charge in [-0.25, -0.2) is 0 Å². The first kappa shape index (κ1) is 25.7. The third-order valence-electron chi connectivity index (χ3n) is 8.50. The Morgan fingerprint density at radius 1 is 1.08 bits per heavy atom. The molecule has 199 valence electrons. The number of carbonyl (C=O) groups is 3. The number of ketones is 2. The van der Waals surface area contributed by atoms with Crippen LogP contribution in [0.1, 0.15) is 30.4 Å². The number of fused-ring (bicyclic) bond motifs is 3. The number of hydrogen-bond donors (Lipinski definition) is 6. The minimum atomic E-state index is -2.93. The van der Waals surface area contributed by atoms with E-state index in [1.807, 2.05) is 4.90 Å². The number of Topliss-reactive ketones (excluding diaryl/α,β-unsaturated/α-hetero) is 2. The Labute approximate surface area is 213 Å². The molecule has 1 radical (unpaired) electrons. The summed E-state index contributed by atoms with van der Waals surface area (Å²) < 4.78 is 0. The summed E-state index contributed by atoms with van der Waals surface area (Å²) in [5, 5.41) is 56.5. The molecular weight excluding hydrogens is 482 g/mol. The van der Waals surface area contributed by atoms with Crippen molar-refractivity contribution in [1.82, 2.24) is 4.90 Å². The quantitative estimate of drug-likeness (QED) is 0.276. The number of carbonyl (C=O) groups excluding carboxylic acids is 3. The summed E-state index contributed by atoms with van der Waals surface area (Å²) in [7, 11) is 3.03. The molecular formula is C26H32N3O8. The largest absolute Gasteiger partial charge is 0.507 e. The highest BCUT2D eigenvalue weighted by Gasteiger charge is 2.70. The highest BCUT2D eigenvalue weighted by Crippen LogP contribution is 2.53. The third kappa shape index (κ3) is 3.44. The molecule has 0 spiro atoms. The molecule has 1 aromatic rings. The van der Waals surface area contributed by atoms with Gasteiger partial charge in [0.2, 0.25) is 11.7 Å². The molecule has 1 aromatic carbocycles. The number of amides is 1. The molecule has 3 aliphatic carbocycles. The number of phenolic OH excluding ortho intramolecular Hbond substituents is 1. The Kier molecular flexibility index (Phi) is 6.10. The Morgan fingerprint density at radius 3 is 2.32 bits per heavy atom. The Bertz CT molecular complexity index is 1210. The van der Waals surface area contributed by atoms with Gasteiger partial charge in [-0.05, 0) is 45.0 Å². The first-order valence-corrected chi connectivity index (χ1v) is 12.5. The van der Waals surface area contributed by atoms with Gasteiger partial charge in [-0.3, -0.25) is 14.4 Å². The second-order valence-corrected chi connectivity index (χ2v) is 10.7. The van der Waals surface area contributed by atoms with Crippen molar-refractivity contribution in [2.45, 2.75) is 43.1 Å². The van der Waals surface area contributed by atoms with Gasteiger partial charge in [0.25, 0.3) is 0 Å². The molecule has 37 heavy (non-hydrogen) atoms. The molecule has 11 nitrogen and oxygen atoms in total. The van der Waals surface area contributed by atoms with E-state index in [-0.39, 0.29) is 11.3 Å². The van der Waals surface area contributed by atoms with E-state index >= 15 is 0 Å². The summed E-state index contributed by atoms with van der Waals surface area (Å²) in [6.07, 6.45) is 1.19. The number of nitrogens with two attached hydrogens (primary N) is 1. The average Bonchev–Trinajstić information content (AvgIpc) is 2.84. The Balaban J connectivity index is 1.67. The molecule has 7 atom stereocenters. The zero-order valence-corrected chi connectivity index (χ0v) is 20.7. The topological polar surface area (TPSA) is 185 Å². The van der Waals surface area contributed by atoms with Crippen LogP contribution in [0.2, 0.25) is 0 Å².